The normalized spacial score (nSPS) is 20.4. The molecule has 0 aromatic carbocycles. The van der Waals surface area contributed by atoms with E-state index in [1.165, 1.54) is 0 Å². The molecule has 0 spiro atoms. The molecule has 6 heteroatoms. The number of amides is 2. The van der Waals surface area contributed by atoms with Gasteiger partial charge in [0.1, 0.15) is 5.76 Å². The van der Waals surface area contributed by atoms with Crippen molar-refractivity contribution in [2.45, 2.75) is 32.2 Å². The van der Waals surface area contributed by atoms with Gasteiger partial charge in [0, 0.05) is 38.1 Å². The van der Waals surface area contributed by atoms with E-state index in [0.29, 0.717) is 32.8 Å². The van der Waals surface area contributed by atoms with Crippen molar-refractivity contribution in [2.75, 3.05) is 26.3 Å². The first-order valence-corrected chi connectivity index (χ1v) is 8.40. The molecule has 3 heterocycles. The van der Waals surface area contributed by atoms with E-state index in [0.717, 1.165) is 31.4 Å². The summed E-state index contributed by atoms with van der Waals surface area (Å²) in [5, 5.41) is 2.91. The van der Waals surface area contributed by atoms with Crippen LogP contribution in [0.3, 0.4) is 0 Å². The molecule has 2 amide bonds. The minimum absolute atomic E-state index is 0.0105. The second-order valence-corrected chi connectivity index (χ2v) is 6.28. The third-order valence-corrected chi connectivity index (χ3v) is 4.76. The van der Waals surface area contributed by atoms with E-state index in [1.54, 1.807) is 6.26 Å². The van der Waals surface area contributed by atoms with Crippen LogP contribution in [0.1, 0.15) is 31.4 Å². The average molecular weight is 320 g/mol. The predicted octanol–water partition coefficient (Wildman–Crippen LogP) is 1.56. The van der Waals surface area contributed by atoms with Gasteiger partial charge in [0.2, 0.25) is 11.8 Å². The lowest BCUT2D eigenvalue weighted by Gasteiger charge is -2.34. The molecule has 0 radical (unpaired) electrons. The number of furan rings is 1. The van der Waals surface area contributed by atoms with Gasteiger partial charge in [0.25, 0.3) is 0 Å². The van der Waals surface area contributed by atoms with Crippen molar-refractivity contribution >= 4 is 11.8 Å². The lowest BCUT2D eigenvalue weighted by atomic mass is 9.93. The SMILES string of the molecule is O=C(NCc1ccco1)C1CCN(C(=O)C2CCOCC2)CC1. The Labute approximate surface area is 136 Å². The van der Waals surface area contributed by atoms with Gasteiger partial charge in [-0.3, -0.25) is 9.59 Å². The van der Waals surface area contributed by atoms with Gasteiger partial charge in [-0.2, -0.15) is 0 Å². The second kappa shape index (κ2) is 7.64. The Bertz CT molecular complexity index is 515. The van der Waals surface area contributed by atoms with Crippen molar-refractivity contribution in [1.29, 1.82) is 0 Å². The van der Waals surface area contributed by atoms with Gasteiger partial charge in [-0.25, -0.2) is 0 Å². The summed E-state index contributed by atoms with van der Waals surface area (Å²) < 4.78 is 10.5. The molecule has 2 saturated heterocycles. The molecule has 0 bridgehead atoms. The van der Waals surface area contributed by atoms with E-state index in [-0.39, 0.29) is 23.7 Å². The van der Waals surface area contributed by atoms with Gasteiger partial charge in [-0.05, 0) is 37.8 Å². The van der Waals surface area contributed by atoms with Crippen LogP contribution >= 0.6 is 0 Å². The molecule has 0 saturated carbocycles. The minimum atomic E-state index is -0.0105. The first-order chi connectivity index (χ1) is 11.2. The Morgan fingerprint density at radius 3 is 2.52 bits per heavy atom. The number of carbonyl (C=O) groups is 2. The Balaban J connectivity index is 1.42. The zero-order chi connectivity index (χ0) is 16.1. The van der Waals surface area contributed by atoms with Crippen molar-refractivity contribution in [1.82, 2.24) is 10.2 Å². The molecule has 2 aliphatic rings. The Kier molecular flexibility index (Phi) is 5.33. The first-order valence-electron chi connectivity index (χ1n) is 8.40. The number of hydrogen-bond acceptors (Lipinski definition) is 4. The lowest BCUT2D eigenvalue weighted by Crippen LogP contribution is -2.45. The maximum Gasteiger partial charge on any atom is 0.225 e. The largest absolute Gasteiger partial charge is 0.467 e. The van der Waals surface area contributed by atoms with Gasteiger partial charge in [0.15, 0.2) is 0 Å². The summed E-state index contributed by atoms with van der Waals surface area (Å²) in [5.41, 5.74) is 0. The van der Waals surface area contributed by atoms with E-state index >= 15 is 0 Å². The fourth-order valence-electron chi connectivity index (χ4n) is 3.30. The van der Waals surface area contributed by atoms with Gasteiger partial charge >= 0.3 is 0 Å². The van der Waals surface area contributed by atoms with Crippen molar-refractivity contribution in [3.63, 3.8) is 0 Å². The second-order valence-electron chi connectivity index (χ2n) is 6.28. The van der Waals surface area contributed by atoms with Crippen LogP contribution in [0.2, 0.25) is 0 Å². The van der Waals surface area contributed by atoms with Crippen LogP contribution in [0.15, 0.2) is 22.8 Å². The zero-order valence-electron chi connectivity index (χ0n) is 13.3. The molecule has 23 heavy (non-hydrogen) atoms. The summed E-state index contributed by atoms with van der Waals surface area (Å²) in [6.07, 6.45) is 4.71. The van der Waals surface area contributed by atoms with E-state index in [1.807, 2.05) is 17.0 Å². The highest BCUT2D eigenvalue weighted by Gasteiger charge is 2.31. The highest BCUT2D eigenvalue weighted by Crippen LogP contribution is 2.23. The van der Waals surface area contributed by atoms with Crippen molar-refractivity contribution in [2.24, 2.45) is 11.8 Å². The van der Waals surface area contributed by atoms with Crippen molar-refractivity contribution < 1.29 is 18.7 Å². The third-order valence-electron chi connectivity index (χ3n) is 4.76. The number of piperidine rings is 1. The number of nitrogens with zero attached hydrogens (tertiary/aromatic N) is 1. The van der Waals surface area contributed by atoms with Crippen molar-refractivity contribution in [3.05, 3.63) is 24.2 Å². The van der Waals surface area contributed by atoms with Crippen LogP contribution in [0.4, 0.5) is 0 Å². The van der Waals surface area contributed by atoms with E-state index in [9.17, 15) is 9.59 Å². The molecule has 0 unspecified atom stereocenters. The Morgan fingerprint density at radius 2 is 1.87 bits per heavy atom. The number of ether oxygens (including phenoxy) is 1. The number of carbonyl (C=O) groups excluding carboxylic acids is 2. The summed E-state index contributed by atoms with van der Waals surface area (Å²) in [6, 6.07) is 3.65. The highest BCUT2D eigenvalue weighted by molar-refractivity contribution is 5.81. The molecule has 3 rings (SSSR count). The fourth-order valence-corrected chi connectivity index (χ4v) is 3.30. The van der Waals surface area contributed by atoms with Crippen LogP contribution in [-0.2, 0) is 20.9 Å². The molecule has 6 nitrogen and oxygen atoms in total. The zero-order valence-corrected chi connectivity index (χ0v) is 13.3. The molecule has 1 N–H and O–H groups in total. The van der Waals surface area contributed by atoms with Gasteiger partial charge in [-0.1, -0.05) is 0 Å². The molecular formula is C17H24N2O4. The van der Waals surface area contributed by atoms with E-state index in [4.69, 9.17) is 9.15 Å². The maximum atomic E-state index is 12.5. The fraction of sp³-hybridized carbons (Fsp3) is 0.647. The lowest BCUT2D eigenvalue weighted by molar-refractivity contribution is -0.141. The molecule has 2 aliphatic heterocycles. The molecule has 126 valence electrons. The Hall–Kier alpha value is -1.82. The van der Waals surface area contributed by atoms with Crippen LogP contribution in [-0.4, -0.2) is 43.0 Å². The van der Waals surface area contributed by atoms with Gasteiger partial charge in [0.05, 0.1) is 12.8 Å². The summed E-state index contributed by atoms with van der Waals surface area (Å²) in [4.78, 5) is 26.6. The number of nitrogens with one attached hydrogen (secondary N) is 1. The summed E-state index contributed by atoms with van der Waals surface area (Å²) in [5.74, 6) is 1.14. The monoisotopic (exact) mass is 320 g/mol. The maximum absolute atomic E-state index is 12.5. The smallest absolute Gasteiger partial charge is 0.225 e. The molecule has 1 aromatic heterocycles. The molecule has 0 atom stereocenters. The van der Waals surface area contributed by atoms with E-state index in [2.05, 4.69) is 5.32 Å². The van der Waals surface area contributed by atoms with Gasteiger partial charge in [-0.15, -0.1) is 0 Å². The van der Waals surface area contributed by atoms with Crippen LogP contribution in [0, 0.1) is 11.8 Å². The average Bonchev–Trinajstić information content (AvgIpc) is 3.13. The van der Waals surface area contributed by atoms with Crippen LogP contribution < -0.4 is 5.32 Å². The van der Waals surface area contributed by atoms with E-state index < -0.39 is 0 Å². The summed E-state index contributed by atoms with van der Waals surface area (Å²) in [7, 11) is 0. The standard InChI is InChI=1S/C17H24N2O4/c20-16(18-12-15-2-1-9-23-15)13-3-7-19(8-4-13)17(21)14-5-10-22-11-6-14/h1-2,9,13-14H,3-8,10-12H2,(H,18,20). The minimum Gasteiger partial charge on any atom is -0.467 e. The summed E-state index contributed by atoms with van der Waals surface area (Å²) in [6.45, 7) is 3.14. The van der Waals surface area contributed by atoms with Crippen LogP contribution in [0.5, 0.6) is 0 Å². The molecular weight excluding hydrogens is 296 g/mol. The van der Waals surface area contributed by atoms with Crippen LogP contribution in [0.25, 0.3) is 0 Å². The topological polar surface area (TPSA) is 71.8 Å². The molecule has 1 aromatic rings. The number of likely N-dealkylation sites (tertiary alicyclic amines) is 1. The van der Waals surface area contributed by atoms with Gasteiger partial charge < -0.3 is 19.4 Å². The Morgan fingerprint density at radius 1 is 1.13 bits per heavy atom. The molecule has 0 aliphatic carbocycles. The predicted molar refractivity (Wildman–Crippen MR) is 83.4 cm³/mol. The molecule has 2 fully saturated rings. The third kappa shape index (κ3) is 4.13. The van der Waals surface area contributed by atoms with Crippen molar-refractivity contribution in [3.8, 4) is 0 Å². The quantitative estimate of drug-likeness (QED) is 0.914. The number of rotatable bonds is 4. The highest BCUT2D eigenvalue weighted by atomic mass is 16.5. The summed E-state index contributed by atoms with van der Waals surface area (Å²) >= 11 is 0. The number of hydrogen-bond donors (Lipinski definition) is 1. The first kappa shape index (κ1) is 16.1.